The lowest BCUT2D eigenvalue weighted by Crippen LogP contribution is -2.21. The monoisotopic (exact) mass is 213 g/mol. The number of aryl methyl sites for hydroxylation is 1. The van der Waals surface area contributed by atoms with E-state index in [4.69, 9.17) is 0 Å². The average Bonchev–Trinajstić information content (AvgIpc) is 2.57. The van der Waals surface area contributed by atoms with Gasteiger partial charge < -0.3 is 4.98 Å². The topological polar surface area (TPSA) is 32.9 Å². The van der Waals surface area contributed by atoms with Crippen LogP contribution in [-0.4, -0.2) is 10.8 Å². The lowest BCUT2D eigenvalue weighted by atomic mass is 9.80. The Morgan fingerprint density at radius 3 is 2.88 bits per heavy atom. The van der Waals surface area contributed by atoms with Gasteiger partial charge in [-0.05, 0) is 31.4 Å². The molecular weight excluding hydrogens is 198 g/mol. The molecule has 2 heteroatoms. The Bertz CT molecular complexity index is 549. The molecule has 1 aliphatic carbocycles. The standard InChI is InChI=1S/C14H15NO/c1-9-5-6-11-12(8-15-13(11)7-9)14(16)10-3-2-4-10/h5-8,10,15H,2-4H2,1H3. The molecule has 1 saturated carbocycles. The molecule has 1 N–H and O–H groups in total. The van der Waals surface area contributed by atoms with E-state index in [-0.39, 0.29) is 5.92 Å². The second-order valence-corrected chi connectivity index (χ2v) is 4.74. The quantitative estimate of drug-likeness (QED) is 0.761. The summed E-state index contributed by atoms with van der Waals surface area (Å²) < 4.78 is 0. The largest absolute Gasteiger partial charge is 0.360 e. The molecule has 1 heterocycles. The normalized spacial score (nSPS) is 16.3. The Balaban J connectivity index is 2.06. The number of H-pyrrole nitrogens is 1. The molecule has 2 nitrogen and oxygen atoms in total. The number of hydrogen-bond acceptors (Lipinski definition) is 1. The van der Waals surface area contributed by atoms with Gasteiger partial charge >= 0.3 is 0 Å². The van der Waals surface area contributed by atoms with Gasteiger partial charge in [0, 0.05) is 28.6 Å². The number of nitrogens with one attached hydrogen (secondary N) is 1. The number of ketones is 1. The predicted octanol–water partition coefficient (Wildman–Crippen LogP) is 3.46. The molecule has 0 saturated heterocycles. The summed E-state index contributed by atoms with van der Waals surface area (Å²) >= 11 is 0. The number of carbonyl (C=O) groups excluding carboxylic acids is 1. The van der Waals surface area contributed by atoms with Gasteiger partial charge in [-0.15, -0.1) is 0 Å². The number of carbonyl (C=O) groups is 1. The van der Waals surface area contributed by atoms with E-state index < -0.39 is 0 Å². The molecule has 1 fully saturated rings. The summed E-state index contributed by atoms with van der Waals surface area (Å²) in [4.78, 5) is 15.4. The molecular formula is C14H15NO. The van der Waals surface area contributed by atoms with Crippen LogP contribution in [-0.2, 0) is 0 Å². The molecule has 3 rings (SSSR count). The number of rotatable bonds is 2. The highest BCUT2D eigenvalue weighted by molar-refractivity contribution is 6.09. The predicted molar refractivity (Wildman–Crippen MR) is 64.7 cm³/mol. The van der Waals surface area contributed by atoms with E-state index >= 15 is 0 Å². The third-order valence-electron chi connectivity index (χ3n) is 3.58. The molecule has 16 heavy (non-hydrogen) atoms. The summed E-state index contributed by atoms with van der Waals surface area (Å²) in [5.74, 6) is 0.599. The highest BCUT2D eigenvalue weighted by Crippen LogP contribution is 2.32. The molecule has 0 spiro atoms. The van der Waals surface area contributed by atoms with Gasteiger partial charge in [0.1, 0.15) is 0 Å². The van der Waals surface area contributed by atoms with E-state index in [0.717, 1.165) is 29.3 Å². The summed E-state index contributed by atoms with van der Waals surface area (Å²) in [7, 11) is 0. The minimum Gasteiger partial charge on any atom is -0.360 e. The second kappa shape index (κ2) is 3.48. The van der Waals surface area contributed by atoms with Crippen molar-refractivity contribution in [3.05, 3.63) is 35.5 Å². The van der Waals surface area contributed by atoms with Crippen LogP contribution in [0.4, 0.5) is 0 Å². The van der Waals surface area contributed by atoms with Gasteiger partial charge in [-0.25, -0.2) is 0 Å². The van der Waals surface area contributed by atoms with Gasteiger partial charge in [0.2, 0.25) is 0 Å². The number of aromatic amines is 1. The molecule has 0 aliphatic heterocycles. The molecule has 0 atom stereocenters. The zero-order valence-corrected chi connectivity index (χ0v) is 9.42. The van der Waals surface area contributed by atoms with Crippen LogP contribution in [0.15, 0.2) is 24.4 Å². The maximum absolute atomic E-state index is 12.2. The van der Waals surface area contributed by atoms with E-state index in [9.17, 15) is 4.79 Å². The lowest BCUT2D eigenvalue weighted by molar-refractivity contribution is 0.0857. The van der Waals surface area contributed by atoms with Crippen LogP contribution in [0.5, 0.6) is 0 Å². The molecule has 0 radical (unpaired) electrons. The Hall–Kier alpha value is -1.57. The maximum Gasteiger partial charge on any atom is 0.168 e. The van der Waals surface area contributed by atoms with Crippen LogP contribution in [0.25, 0.3) is 10.9 Å². The molecule has 2 aromatic rings. The SMILES string of the molecule is Cc1ccc2c(C(=O)C3CCC3)c[nH]c2c1. The average molecular weight is 213 g/mol. The van der Waals surface area contributed by atoms with Gasteiger partial charge in [-0.2, -0.15) is 0 Å². The summed E-state index contributed by atoms with van der Waals surface area (Å²) in [6.07, 6.45) is 5.21. The van der Waals surface area contributed by atoms with Crippen LogP contribution in [0.3, 0.4) is 0 Å². The molecule has 1 aromatic carbocycles. The summed E-state index contributed by atoms with van der Waals surface area (Å²) in [5, 5.41) is 1.07. The lowest BCUT2D eigenvalue weighted by Gasteiger charge is -2.23. The van der Waals surface area contributed by atoms with Gasteiger partial charge in [0.15, 0.2) is 5.78 Å². The van der Waals surface area contributed by atoms with Crippen molar-refractivity contribution in [2.45, 2.75) is 26.2 Å². The van der Waals surface area contributed by atoms with Gasteiger partial charge in [-0.3, -0.25) is 4.79 Å². The fourth-order valence-electron chi connectivity index (χ4n) is 2.33. The van der Waals surface area contributed by atoms with E-state index in [1.165, 1.54) is 12.0 Å². The maximum atomic E-state index is 12.2. The highest BCUT2D eigenvalue weighted by atomic mass is 16.1. The van der Waals surface area contributed by atoms with Gasteiger partial charge in [0.25, 0.3) is 0 Å². The summed E-state index contributed by atoms with van der Waals surface area (Å²) in [5.41, 5.74) is 3.17. The van der Waals surface area contributed by atoms with Crippen LogP contribution >= 0.6 is 0 Å². The number of fused-ring (bicyclic) bond motifs is 1. The Labute approximate surface area is 94.7 Å². The van der Waals surface area contributed by atoms with E-state index in [2.05, 4.69) is 24.0 Å². The summed E-state index contributed by atoms with van der Waals surface area (Å²) in [6.45, 7) is 2.06. The van der Waals surface area contributed by atoms with Crippen molar-refractivity contribution in [2.75, 3.05) is 0 Å². The Kier molecular flexibility index (Phi) is 2.10. The van der Waals surface area contributed by atoms with E-state index in [1.54, 1.807) is 0 Å². The van der Waals surface area contributed by atoms with E-state index in [0.29, 0.717) is 5.78 Å². The molecule has 0 amide bonds. The first-order valence-electron chi connectivity index (χ1n) is 5.87. The van der Waals surface area contributed by atoms with Crippen LogP contribution in [0.2, 0.25) is 0 Å². The molecule has 0 unspecified atom stereocenters. The molecule has 82 valence electrons. The van der Waals surface area contributed by atoms with Crippen molar-refractivity contribution in [3.63, 3.8) is 0 Å². The molecule has 1 aromatic heterocycles. The zero-order chi connectivity index (χ0) is 11.1. The van der Waals surface area contributed by atoms with Crippen LogP contribution in [0, 0.1) is 12.8 Å². The van der Waals surface area contributed by atoms with Crippen molar-refractivity contribution in [1.29, 1.82) is 0 Å². The Morgan fingerprint density at radius 1 is 1.38 bits per heavy atom. The smallest absolute Gasteiger partial charge is 0.168 e. The van der Waals surface area contributed by atoms with Crippen LogP contribution in [0.1, 0.15) is 35.2 Å². The van der Waals surface area contributed by atoms with Gasteiger partial charge in [0.05, 0.1) is 0 Å². The van der Waals surface area contributed by atoms with Crippen molar-refractivity contribution in [2.24, 2.45) is 5.92 Å². The zero-order valence-electron chi connectivity index (χ0n) is 9.42. The van der Waals surface area contributed by atoms with Crippen molar-refractivity contribution in [1.82, 2.24) is 4.98 Å². The fourth-order valence-corrected chi connectivity index (χ4v) is 2.33. The van der Waals surface area contributed by atoms with Crippen molar-refractivity contribution < 1.29 is 4.79 Å². The number of aromatic nitrogens is 1. The Morgan fingerprint density at radius 2 is 2.19 bits per heavy atom. The first kappa shape index (κ1) is 9.64. The minimum atomic E-state index is 0.278. The van der Waals surface area contributed by atoms with Crippen molar-refractivity contribution >= 4 is 16.7 Å². The fraction of sp³-hybridized carbons (Fsp3) is 0.357. The number of benzene rings is 1. The molecule has 0 bridgehead atoms. The third kappa shape index (κ3) is 1.37. The summed E-state index contributed by atoms with van der Waals surface area (Å²) in [6, 6.07) is 6.20. The number of Topliss-reactive ketones (excluding diaryl/α,β-unsaturated/α-hetero) is 1. The highest BCUT2D eigenvalue weighted by Gasteiger charge is 2.27. The van der Waals surface area contributed by atoms with E-state index in [1.807, 2.05) is 12.3 Å². The number of hydrogen-bond donors (Lipinski definition) is 1. The van der Waals surface area contributed by atoms with Crippen LogP contribution < -0.4 is 0 Å². The minimum absolute atomic E-state index is 0.278. The third-order valence-corrected chi connectivity index (χ3v) is 3.58. The van der Waals surface area contributed by atoms with Crippen molar-refractivity contribution in [3.8, 4) is 0 Å². The van der Waals surface area contributed by atoms with Gasteiger partial charge in [-0.1, -0.05) is 18.6 Å². The molecule has 1 aliphatic rings. The first-order valence-corrected chi connectivity index (χ1v) is 5.87. The second-order valence-electron chi connectivity index (χ2n) is 4.74. The first-order chi connectivity index (χ1) is 7.75.